The summed E-state index contributed by atoms with van der Waals surface area (Å²) in [6.45, 7) is 1.97. The van der Waals surface area contributed by atoms with E-state index in [4.69, 9.17) is 5.73 Å². The Balaban J connectivity index is 3.14. The fraction of sp³-hybridized carbons (Fsp3) is 0.286. The van der Waals surface area contributed by atoms with Gasteiger partial charge in [0, 0.05) is 18.3 Å². The van der Waals surface area contributed by atoms with E-state index in [0.717, 1.165) is 0 Å². The van der Waals surface area contributed by atoms with E-state index < -0.39 is 0 Å². The van der Waals surface area contributed by atoms with Crippen LogP contribution < -0.4 is 5.73 Å². The van der Waals surface area contributed by atoms with Crippen LogP contribution in [0.15, 0.2) is 12.3 Å². The first-order chi connectivity index (χ1) is 4.75. The first kappa shape index (κ1) is 7.15. The lowest BCUT2D eigenvalue weighted by Gasteiger charge is -2.00. The van der Waals surface area contributed by atoms with Crippen LogP contribution >= 0.6 is 0 Å². The van der Waals surface area contributed by atoms with Gasteiger partial charge in [0.2, 0.25) is 0 Å². The standard InChI is InChI=1S/C7H9FN2/c1-5-6(8)2-3-10-7(5)4-9/h2-3H,4,9H2,1H3. The molecule has 0 bridgehead atoms. The predicted octanol–water partition coefficient (Wildman–Crippen LogP) is 0.988. The van der Waals surface area contributed by atoms with E-state index >= 15 is 0 Å². The van der Waals surface area contributed by atoms with Crippen LogP contribution in [0.5, 0.6) is 0 Å². The predicted molar refractivity (Wildman–Crippen MR) is 36.8 cm³/mol. The Bertz CT molecular complexity index is 235. The highest BCUT2D eigenvalue weighted by Gasteiger charge is 2.00. The van der Waals surface area contributed by atoms with Crippen LogP contribution in [0.4, 0.5) is 4.39 Å². The van der Waals surface area contributed by atoms with E-state index in [-0.39, 0.29) is 5.82 Å². The van der Waals surface area contributed by atoms with E-state index in [0.29, 0.717) is 17.8 Å². The molecule has 0 spiro atoms. The number of pyridine rings is 1. The number of hydrogen-bond donors (Lipinski definition) is 1. The lowest BCUT2D eigenvalue weighted by molar-refractivity contribution is 0.611. The fourth-order valence-corrected chi connectivity index (χ4v) is 0.758. The Labute approximate surface area is 58.9 Å². The Morgan fingerprint density at radius 2 is 2.40 bits per heavy atom. The minimum atomic E-state index is -0.240. The summed E-state index contributed by atoms with van der Waals surface area (Å²) in [4.78, 5) is 3.89. The minimum absolute atomic E-state index is 0.240. The molecule has 1 aromatic rings. The van der Waals surface area contributed by atoms with Gasteiger partial charge in [0.25, 0.3) is 0 Å². The van der Waals surface area contributed by atoms with Gasteiger partial charge in [-0.1, -0.05) is 0 Å². The van der Waals surface area contributed by atoms with Crippen molar-refractivity contribution < 1.29 is 4.39 Å². The van der Waals surface area contributed by atoms with Crippen LogP contribution in [-0.4, -0.2) is 4.98 Å². The Kier molecular flexibility index (Phi) is 1.97. The number of nitrogens with zero attached hydrogens (tertiary/aromatic N) is 1. The summed E-state index contributed by atoms with van der Waals surface area (Å²) in [7, 11) is 0. The maximum Gasteiger partial charge on any atom is 0.129 e. The summed E-state index contributed by atoms with van der Waals surface area (Å²) in [5, 5.41) is 0. The molecular formula is C7H9FN2. The molecule has 2 nitrogen and oxygen atoms in total. The topological polar surface area (TPSA) is 38.9 Å². The zero-order chi connectivity index (χ0) is 7.56. The van der Waals surface area contributed by atoms with Gasteiger partial charge in [-0.15, -0.1) is 0 Å². The van der Waals surface area contributed by atoms with Gasteiger partial charge in [-0.25, -0.2) is 4.39 Å². The molecule has 0 saturated heterocycles. The quantitative estimate of drug-likeness (QED) is 0.631. The Morgan fingerprint density at radius 3 is 2.90 bits per heavy atom. The van der Waals surface area contributed by atoms with Crippen molar-refractivity contribution in [3.05, 3.63) is 29.3 Å². The zero-order valence-electron chi connectivity index (χ0n) is 5.76. The SMILES string of the molecule is Cc1c(F)ccnc1CN. The van der Waals surface area contributed by atoms with E-state index in [9.17, 15) is 4.39 Å². The third-order valence-electron chi connectivity index (χ3n) is 1.44. The highest BCUT2D eigenvalue weighted by molar-refractivity contribution is 5.19. The Morgan fingerprint density at radius 1 is 1.70 bits per heavy atom. The maximum absolute atomic E-state index is 12.7. The fourth-order valence-electron chi connectivity index (χ4n) is 0.758. The normalized spacial score (nSPS) is 9.90. The molecule has 0 aromatic carbocycles. The van der Waals surface area contributed by atoms with Crippen molar-refractivity contribution in [2.75, 3.05) is 0 Å². The first-order valence-electron chi connectivity index (χ1n) is 3.05. The second-order valence-electron chi connectivity index (χ2n) is 2.07. The van der Waals surface area contributed by atoms with Gasteiger partial charge in [-0.2, -0.15) is 0 Å². The van der Waals surface area contributed by atoms with Gasteiger partial charge in [0.15, 0.2) is 0 Å². The monoisotopic (exact) mass is 140 g/mol. The molecule has 1 rings (SSSR count). The van der Waals surface area contributed by atoms with Crippen LogP contribution in [0.3, 0.4) is 0 Å². The molecule has 1 aromatic heterocycles. The maximum atomic E-state index is 12.7. The first-order valence-corrected chi connectivity index (χ1v) is 3.05. The smallest absolute Gasteiger partial charge is 0.129 e. The number of nitrogens with two attached hydrogens (primary N) is 1. The molecule has 0 aliphatic heterocycles. The van der Waals surface area contributed by atoms with Crippen molar-refractivity contribution in [3.8, 4) is 0 Å². The summed E-state index contributed by atoms with van der Waals surface area (Å²) >= 11 is 0. The van der Waals surface area contributed by atoms with Crippen molar-refractivity contribution in [2.45, 2.75) is 13.5 Å². The molecule has 1 heterocycles. The van der Waals surface area contributed by atoms with Crippen molar-refractivity contribution in [3.63, 3.8) is 0 Å². The highest BCUT2D eigenvalue weighted by atomic mass is 19.1. The second-order valence-corrected chi connectivity index (χ2v) is 2.07. The lowest BCUT2D eigenvalue weighted by Crippen LogP contribution is -2.03. The molecule has 0 radical (unpaired) electrons. The van der Waals surface area contributed by atoms with Crippen molar-refractivity contribution in [2.24, 2.45) is 5.73 Å². The summed E-state index contributed by atoms with van der Waals surface area (Å²) in [5.41, 5.74) is 6.46. The van der Waals surface area contributed by atoms with Crippen molar-refractivity contribution in [1.29, 1.82) is 0 Å². The van der Waals surface area contributed by atoms with Gasteiger partial charge in [-0.3, -0.25) is 4.98 Å². The molecule has 0 saturated carbocycles. The van der Waals surface area contributed by atoms with Gasteiger partial charge in [0.05, 0.1) is 5.69 Å². The van der Waals surface area contributed by atoms with Gasteiger partial charge in [0.1, 0.15) is 5.82 Å². The van der Waals surface area contributed by atoms with Crippen molar-refractivity contribution >= 4 is 0 Å². The van der Waals surface area contributed by atoms with E-state index in [1.54, 1.807) is 6.92 Å². The van der Waals surface area contributed by atoms with Crippen LogP contribution in [0.25, 0.3) is 0 Å². The second kappa shape index (κ2) is 2.75. The third-order valence-corrected chi connectivity index (χ3v) is 1.44. The number of halogens is 1. The van der Waals surface area contributed by atoms with Gasteiger partial charge >= 0.3 is 0 Å². The van der Waals surface area contributed by atoms with Crippen LogP contribution in [-0.2, 0) is 6.54 Å². The van der Waals surface area contributed by atoms with Crippen LogP contribution in [0.2, 0.25) is 0 Å². The molecule has 0 fully saturated rings. The molecule has 2 N–H and O–H groups in total. The number of rotatable bonds is 1. The summed E-state index contributed by atoms with van der Waals surface area (Å²) in [6, 6.07) is 1.33. The lowest BCUT2D eigenvalue weighted by atomic mass is 10.2. The molecule has 0 aliphatic carbocycles. The van der Waals surface area contributed by atoms with E-state index in [1.807, 2.05) is 0 Å². The average Bonchev–Trinajstić information content (AvgIpc) is 1.95. The summed E-state index contributed by atoms with van der Waals surface area (Å²) in [5.74, 6) is -0.240. The molecule has 0 unspecified atom stereocenters. The van der Waals surface area contributed by atoms with Crippen LogP contribution in [0, 0.1) is 12.7 Å². The van der Waals surface area contributed by atoms with Crippen LogP contribution in [0.1, 0.15) is 11.3 Å². The summed E-state index contributed by atoms with van der Waals surface area (Å²) < 4.78 is 12.7. The Hall–Kier alpha value is -0.960. The molecule has 0 amide bonds. The molecule has 0 aliphatic rings. The number of hydrogen-bond acceptors (Lipinski definition) is 2. The molecule has 3 heteroatoms. The molecule has 54 valence electrons. The van der Waals surface area contributed by atoms with Gasteiger partial charge in [-0.05, 0) is 13.0 Å². The van der Waals surface area contributed by atoms with E-state index in [1.165, 1.54) is 12.3 Å². The van der Waals surface area contributed by atoms with Crippen molar-refractivity contribution in [1.82, 2.24) is 4.98 Å². The minimum Gasteiger partial charge on any atom is -0.325 e. The summed E-state index contributed by atoms with van der Waals surface area (Å²) in [6.07, 6.45) is 1.42. The average molecular weight is 140 g/mol. The molecule has 10 heavy (non-hydrogen) atoms. The third kappa shape index (κ3) is 1.14. The highest BCUT2D eigenvalue weighted by Crippen LogP contribution is 2.07. The van der Waals surface area contributed by atoms with E-state index in [2.05, 4.69) is 4.98 Å². The van der Waals surface area contributed by atoms with Gasteiger partial charge < -0.3 is 5.73 Å². The number of aromatic nitrogens is 1. The molecule has 0 atom stereocenters. The molecular weight excluding hydrogens is 131 g/mol. The zero-order valence-corrected chi connectivity index (χ0v) is 5.76. The largest absolute Gasteiger partial charge is 0.325 e.